The number of benzene rings is 1. The van der Waals surface area contributed by atoms with Gasteiger partial charge >= 0.3 is 12.1 Å². The van der Waals surface area contributed by atoms with Crippen LogP contribution in [0.1, 0.15) is 68.7 Å². The maximum Gasteiger partial charge on any atom is 0.410 e. The van der Waals surface area contributed by atoms with Crippen molar-refractivity contribution in [2.24, 2.45) is 7.05 Å². The summed E-state index contributed by atoms with van der Waals surface area (Å²) in [4.78, 5) is 38.6. The molecule has 0 bridgehead atoms. The molecule has 41 heavy (non-hydrogen) atoms. The SMILES string of the molecule is CC(=O)OC(C)(C1=Cc2cccnc2[C@@H](N2CCN(C(=O)OC(C)(C)C)CC2)c2ccc(Cl)cc21)c1cncn1C. The molecule has 1 fully saturated rings. The first-order chi connectivity index (χ1) is 19.4. The van der Waals surface area contributed by atoms with Gasteiger partial charge in [0.15, 0.2) is 5.60 Å². The van der Waals surface area contributed by atoms with E-state index in [1.54, 1.807) is 23.6 Å². The number of pyridine rings is 1. The van der Waals surface area contributed by atoms with E-state index in [1.807, 2.05) is 75.7 Å². The van der Waals surface area contributed by atoms with Crippen LogP contribution in [0.15, 0.2) is 49.1 Å². The number of ether oxygens (including phenoxy) is 2. The molecule has 0 saturated carbocycles. The molecule has 216 valence electrons. The number of halogens is 1. The highest BCUT2D eigenvalue weighted by Crippen LogP contribution is 2.48. The summed E-state index contributed by atoms with van der Waals surface area (Å²) in [5, 5.41) is 0.567. The second-order valence-electron chi connectivity index (χ2n) is 11.7. The van der Waals surface area contributed by atoms with Gasteiger partial charge in [-0.3, -0.25) is 14.7 Å². The number of esters is 1. The van der Waals surface area contributed by atoms with Crippen LogP contribution in [0.25, 0.3) is 11.6 Å². The molecule has 1 aliphatic carbocycles. The fraction of sp³-hybridized carbons (Fsp3) is 0.419. The molecular weight excluding hydrogens is 542 g/mol. The van der Waals surface area contributed by atoms with Gasteiger partial charge in [-0.05, 0) is 68.7 Å². The molecule has 2 aromatic heterocycles. The number of hydrogen-bond acceptors (Lipinski definition) is 7. The van der Waals surface area contributed by atoms with Crippen LogP contribution < -0.4 is 0 Å². The topological polar surface area (TPSA) is 89.8 Å². The molecule has 9 nitrogen and oxygen atoms in total. The number of piperazine rings is 1. The van der Waals surface area contributed by atoms with Gasteiger partial charge in [-0.15, -0.1) is 0 Å². The van der Waals surface area contributed by atoms with Gasteiger partial charge in [-0.1, -0.05) is 23.7 Å². The van der Waals surface area contributed by atoms with Gasteiger partial charge in [0, 0.05) is 56.9 Å². The molecule has 3 aromatic rings. The number of carbonyl (C=O) groups excluding carboxylic acids is 2. The van der Waals surface area contributed by atoms with Gasteiger partial charge in [-0.25, -0.2) is 9.78 Å². The van der Waals surface area contributed by atoms with Gasteiger partial charge in [-0.2, -0.15) is 0 Å². The van der Waals surface area contributed by atoms with Crippen molar-refractivity contribution in [2.45, 2.75) is 51.9 Å². The molecule has 1 amide bonds. The zero-order valence-corrected chi connectivity index (χ0v) is 25.1. The molecule has 1 aromatic carbocycles. The number of aryl methyl sites for hydroxylation is 1. The van der Waals surface area contributed by atoms with E-state index in [4.69, 9.17) is 26.1 Å². The van der Waals surface area contributed by atoms with E-state index in [-0.39, 0.29) is 12.1 Å². The van der Waals surface area contributed by atoms with E-state index in [0.717, 1.165) is 33.7 Å². The van der Waals surface area contributed by atoms with Crippen molar-refractivity contribution < 1.29 is 19.1 Å². The fourth-order valence-electron chi connectivity index (χ4n) is 5.76. The zero-order chi connectivity index (χ0) is 29.5. The standard InChI is InChI=1S/C31H36ClN5O4/c1-20(38)40-31(5,26-18-33-19-35(26)6)25-16-21-8-7-11-34-27(21)28(23-10-9-22(32)17-24(23)25)36-12-14-37(15-13-36)29(39)41-30(2,3)4/h7-11,16-19,28H,12-15H2,1-6H3/t28-,31?/m0/s1. The molecule has 0 radical (unpaired) electrons. The van der Waals surface area contributed by atoms with E-state index >= 15 is 0 Å². The molecule has 3 heterocycles. The summed E-state index contributed by atoms with van der Waals surface area (Å²) in [6, 6.07) is 9.54. The molecule has 1 saturated heterocycles. The number of nitrogens with zero attached hydrogens (tertiary/aromatic N) is 5. The summed E-state index contributed by atoms with van der Waals surface area (Å²) in [6.07, 6.45) is 6.95. The highest BCUT2D eigenvalue weighted by atomic mass is 35.5. The summed E-state index contributed by atoms with van der Waals surface area (Å²) >= 11 is 6.62. The molecule has 2 aliphatic rings. The summed E-state index contributed by atoms with van der Waals surface area (Å²) < 4.78 is 13.6. The van der Waals surface area contributed by atoms with Crippen LogP contribution in [0.5, 0.6) is 0 Å². The first-order valence-corrected chi connectivity index (χ1v) is 14.1. The molecule has 0 spiro atoms. The molecule has 1 aliphatic heterocycles. The zero-order valence-electron chi connectivity index (χ0n) is 24.3. The van der Waals surface area contributed by atoms with Crippen LogP contribution in [-0.4, -0.2) is 68.2 Å². The van der Waals surface area contributed by atoms with E-state index in [1.165, 1.54) is 6.92 Å². The van der Waals surface area contributed by atoms with E-state index < -0.39 is 17.2 Å². The number of imidazole rings is 1. The van der Waals surface area contributed by atoms with E-state index in [0.29, 0.717) is 31.2 Å². The monoisotopic (exact) mass is 577 g/mol. The molecule has 1 unspecified atom stereocenters. The normalized spacial score (nSPS) is 18.9. The lowest BCUT2D eigenvalue weighted by Gasteiger charge is -2.40. The molecular formula is C31H36ClN5O4. The van der Waals surface area contributed by atoms with Gasteiger partial charge in [0.1, 0.15) is 5.60 Å². The third-order valence-corrected chi connectivity index (χ3v) is 7.76. The van der Waals surface area contributed by atoms with Gasteiger partial charge in [0.25, 0.3) is 0 Å². The summed E-state index contributed by atoms with van der Waals surface area (Å²) in [6.45, 7) is 11.2. The van der Waals surface area contributed by atoms with Gasteiger partial charge in [0.2, 0.25) is 0 Å². The Labute approximate surface area is 245 Å². The minimum Gasteiger partial charge on any atom is -0.448 e. The van der Waals surface area contributed by atoms with E-state index in [2.05, 4.69) is 9.88 Å². The van der Waals surface area contributed by atoms with Crippen molar-refractivity contribution in [1.82, 2.24) is 24.3 Å². The average Bonchev–Trinajstić information content (AvgIpc) is 3.28. The Morgan fingerprint density at radius 2 is 1.78 bits per heavy atom. The first kappa shape index (κ1) is 28.8. The highest BCUT2D eigenvalue weighted by molar-refractivity contribution is 6.30. The maximum absolute atomic E-state index is 12.8. The maximum atomic E-state index is 12.8. The van der Waals surface area contributed by atoms with Gasteiger partial charge < -0.3 is 18.9 Å². The minimum atomic E-state index is -1.17. The summed E-state index contributed by atoms with van der Waals surface area (Å²) in [5.41, 5.74) is 3.42. The first-order valence-electron chi connectivity index (χ1n) is 13.7. The summed E-state index contributed by atoms with van der Waals surface area (Å²) in [7, 11) is 1.88. The van der Waals surface area contributed by atoms with Crippen molar-refractivity contribution >= 4 is 35.3 Å². The number of hydrogen-bond donors (Lipinski definition) is 0. The van der Waals surface area contributed by atoms with Gasteiger partial charge in [0.05, 0.1) is 30.0 Å². The van der Waals surface area contributed by atoms with E-state index in [9.17, 15) is 9.59 Å². The summed E-state index contributed by atoms with van der Waals surface area (Å²) in [5.74, 6) is -0.413. The van der Waals surface area contributed by atoms with Crippen LogP contribution in [0.3, 0.4) is 0 Å². The lowest BCUT2D eigenvalue weighted by Crippen LogP contribution is -2.51. The number of rotatable bonds is 4. The third-order valence-electron chi connectivity index (χ3n) is 7.53. The Hall–Kier alpha value is -3.69. The van der Waals surface area contributed by atoms with Crippen molar-refractivity contribution in [3.63, 3.8) is 0 Å². The Morgan fingerprint density at radius 3 is 2.41 bits per heavy atom. The fourth-order valence-corrected chi connectivity index (χ4v) is 5.94. The highest BCUT2D eigenvalue weighted by Gasteiger charge is 2.42. The smallest absolute Gasteiger partial charge is 0.410 e. The van der Waals surface area contributed by atoms with Crippen molar-refractivity contribution in [2.75, 3.05) is 26.2 Å². The van der Waals surface area contributed by atoms with Crippen LogP contribution in [0, 0.1) is 0 Å². The lowest BCUT2D eigenvalue weighted by molar-refractivity contribution is -0.151. The quantitative estimate of drug-likeness (QED) is 0.381. The predicted octanol–water partition coefficient (Wildman–Crippen LogP) is 5.44. The van der Waals surface area contributed by atoms with Crippen LogP contribution in [-0.2, 0) is 26.9 Å². The van der Waals surface area contributed by atoms with Crippen LogP contribution >= 0.6 is 11.6 Å². The number of fused-ring (bicyclic) bond motifs is 2. The number of aromatic nitrogens is 3. The number of carbonyl (C=O) groups is 2. The molecule has 2 atom stereocenters. The van der Waals surface area contributed by atoms with Crippen molar-refractivity contribution in [3.8, 4) is 0 Å². The van der Waals surface area contributed by atoms with Crippen molar-refractivity contribution in [1.29, 1.82) is 0 Å². The Balaban J connectivity index is 1.62. The average molecular weight is 578 g/mol. The van der Waals surface area contributed by atoms with Crippen molar-refractivity contribution in [3.05, 3.63) is 82.2 Å². The Bertz CT molecular complexity index is 1500. The predicted molar refractivity (Wildman–Crippen MR) is 157 cm³/mol. The molecule has 0 N–H and O–H groups in total. The molecule has 5 rings (SSSR count). The second kappa shape index (κ2) is 10.9. The van der Waals surface area contributed by atoms with Crippen LogP contribution in [0.2, 0.25) is 5.02 Å². The number of amides is 1. The lowest BCUT2D eigenvalue weighted by atomic mass is 9.83. The Kier molecular flexibility index (Phi) is 7.70. The third kappa shape index (κ3) is 5.74. The second-order valence-corrected chi connectivity index (χ2v) is 12.1. The molecule has 10 heteroatoms. The minimum absolute atomic E-state index is 0.221. The van der Waals surface area contributed by atoms with Crippen LogP contribution in [0.4, 0.5) is 4.79 Å². The largest absolute Gasteiger partial charge is 0.448 e. The Morgan fingerprint density at radius 1 is 1.05 bits per heavy atom.